The number of methoxy groups -OCH3 is 2. The normalized spacial score (nSPS) is 14.5. The van der Waals surface area contributed by atoms with Gasteiger partial charge in [-0.2, -0.15) is 0 Å². The van der Waals surface area contributed by atoms with Gasteiger partial charge in [0.2, 0.25) is 5.91 Å². The van der Waals surface area contributed by atoms with Gasteiger partial charge in [0.1, 0.15) is 11.5 Å². The number of hydrogen-bond donors (Lipinski definition) is 1. The number of benzene rings is 1. The number of likely N-dealkylation sites (tertiary alicyclic amines) is 1. The number of aryl methyl sites for hydroxylation is 1. The van der Waals surface area contributed by atoms with E-state index in [0.717, 1.165) is 5.56 Å². The van der Waals surface area contributed by atoms with Crippen molar-refractivity contribution in [2.75, 3.05) is 33.9 Å². The maximum atomic E-state index is 12.1. The van der Waals surface area contributed by atoms with E-state index >= 15 is 0 Å². The summed E-state index contributed by atoms with van der Waals surface area (Å²) >= 11 is 0. The lowest BCUT2D eigenvalue weighted by Crippen LogP contribution is -2.43. The van der Waals surface area contributed by atoms with Crippen LogP contribution in [-0.2, 0) is 25.5 Å². The zero-order valence-electron chi connectivity index (χ0n) is 15.7. The predicted octanol–water partition coefficient (Wildman–Crippen LogP) is 0.904. The van der Waals surface area contributed by atoms with Crippen LogP contribution in [0.2, 0.25) is 0 Å². The molecule has 27 heavy (non-hydrogen) atoms. The Kier molecular flexibility index (Phi) is 7.45. The van der Waals surface area contributed by atoms with Crippen molar-refractivity contribution in [2.24, 2.45) is 11.7 Å². The van der Waals surface area contributed by atoms with E-state index in [1.54, 1.807) is 25.2 Å². The van der Waals surface area contributed by atoms with Crippen LogP contribution in [0.5, 0.6) is 11.5 Å². The van der Waals surface area contributed by atoms with E-state index in [2.05, 4.69) is 0 Å². The van der Waals surface area contributed by atoms with Gasteiger partial charge in [0.05, 0.1) is 14.2 Å². The largest absolute Gasteiger partial charge is 0.497 e. The molecule has 1 aromatic carbocycles. The number of amides is 2. The molecule has 2 N–H and O–H groups in total. The molecule has 1 fully saturated rings. The fourth-order valence-corrected chi connectivity index (χ4v) is 2.98. The molecular formula is C19H26N2O6. The smallest absolute Gasteiger partial charge is 0.306 e. The average molecular weight is 378 g/mol. The van der Waals surface area contributed by atoms with Crippen LogP contribution in [0.1, 0.15) is 24.8 Å². The summed E-state index contributed by atoms with van der Waals surface area (Å²) < 4.78 is 15.5. The van der Waals surface area contributed by atoms with Crippen molar-refractivity contribution in [2.45, 2.75) is 25.7 Å². The zero-order chi connectivity index (χ0) is 19.8. The van der Waals surface area contributed by atoms with Crippen molar-refractivity contribution in [3.63, 3.8) is 0 Å². The van der Waals surface area contributed by atoms with Crippen molar-refractivity contribution < 1.29 is 28.6 Å². The molecule has 0 radical (unpaired) electrons. The lowest BCUT2D eigenvalue weighted by molar-refractivity contribution is -0.152. The van der Waals surface area contributed by atoms with E-state index in [1.165, 1.54) is 0 Å². The summed E-state index contributed by atoms with van der Waals surface area (Å²) in [5, 5.41) is 0. The van der Waals surface area contributed by atoms with Gasteiger partial charge >= 0.3 is 5.97 Å². The molecule has 1 heterocycles. The quantitative estimate of drug-likeness (QED) is 0.674. The monoisotopic (exact) mass is 378 g/mol. The Balaban J connectivity index is 1.75. The molecule has 1 aliphatic heterocycles. The summed E-state index contributed by atoms with van der Waals surface area (Å²) in [6.45, 7) is 0.614. The molecule has 0 atom stereocenters. The number of esters is 1. The third-order valence-electron chi connectivity index (χ3n) is 4.64. The highest BCUT2D eigenvalue weighted by molar-refractivity contribution is 5.81. The second-order valence-corrected chi connectivity index (χ2v) is 6.44. The van der Waals surface area contributed by atoms with Gasteiger partial charge in [-0.15, -0.1) is 0 Å². The van der Waals surface area contributed by atoms with Crippen LogP contribution in [-0.4, -0.2) is 56.6 Å². The van der Waals surface area contributed by atoms with Crippen molar-refractivity contribution in [3.05, 3.63) is 23.8 Å². The summed E-state index contributed by atoms with van der Waals surface area (Å²) in [5.41, 5.74) is 6.16. The average Bonchev–Trinajstić information content (AvgIpc) is 2.70. The Hall–Kier alpha value is -2.77. The molecule has 2 rings (SSSR count). The highest BCUT2D eigenvalue weighted by Gasteiger charge is 2.26. The topological polar surface area (TPSA) is 108 Å². The van der Waals surface area contributed by atoms with Crippen LogP contribution in [0.3, 0.4) is 0 Å². The SMILES string of the molecule is COc1cc(CCC(=O)OCC(=O)N2CCC(C(N)=O)CC2)cc(OC)c1. The lowest BCUT2D eigenvalue weighted by atomic mass is 9.96. The van der Waals surface area contributed by atoms with Crippen LogP contribution < -0.4 is 15.2 Å². The molecule has 1 aromatic rings. The van der Waals surface area contributed by atoms with E-state index < -0.39 is 5.97 Å². The minimum Gasteiger partial charge on any atom is -0.497 e. The van der Waals surface area contributed by atoms with Crippen molar-refractivity contribution in [3.8, 4) is 11.5 Å². The maximum absolute atomic E-state index is 12.1. The zero-order valence-corrected chi connectivity index (χ0v) is 15.7. The Bertz CT molecular complexity index is 661. The van der Waals surface area contributed by atoms with Crippen LogP contribution in [0.4, 0.5) is 0 Å². The molecule has 8 heteroatoms. The first-order chi connectivity index (χ1) is 12.9. The summed E-state index contributed by atoms with van der Waals surface area (Å²) in [4.78, 5) is 36.8. The lowest BCUT2D eigenvalue weighted by Gasteiger charge is -2.30. The summed E-state index contributed by atoms with van der Waals surface area (Å²) in [6, 6.07) is 5.40. The Labute approximate surface area is 158 Å². The second kappa shape index (κ2) is 9.80. The Morgan fingerprint density at radius 2 is 1.67 bits per heavy atom. The molecular weight excluding hydrogens is 352 g/mol. The molecule has 0 aromatic heterocycles. The third-order valence-corrected chi connectivity index (χ3v) is 4.64. The Morgan fingerprint density at radius 1 is 1.07 bits per heavy atom. The summed E-state index contributed by atoms with van der Waals surface area (Å²) in [6.07, 6.45) is 1.69. The highest BCUT2D eigenvalue weighted by Crippen LogP contribution is 2.23. The van der Waals surface area contributed by atoms with Gasteiger partial charge in [0, 0.05) is 31.5 Å². The van der Waals surface area contributed by atoms with E-state index in [1.807, 2.05) is 12.1 Å². The standard InChI is InChI=1S/C19H26N2O6/c1-25-15-9-13(10-16(11-15)26-2)3-4-18(23)27-12-17(22)21-7-5-14(6-8-21)19(20)24/h9-11,14H,3-8,12H2,1-2H3,(H2,20,24). The first-order valence-electron chi connectivity index (χ1n) is 8.87. The van der Waals surface area contributed by atoms with Gasteiger partial charge in [-0.25, -0.2) is 0 Å². The van der Waals surface area contributed by atoms with Crippen LogP contribution in [0.15, 0.2) is 18.2 Å². The molecule has 0 unspecified atom stereocenters. The number of rotatable bonds is 8. The number of ether oxygens (including phenoxy) is 3. The van der Waals surface area contributed by atoms with Gasteiger partial charge in [0.25, 0.3) is 5.91 Å². The van der Waals surface area contributed by atoms with Gasteiger partial charge < -0.3 is 24.8 Å². The number of nitrogens with two attached hydrogens (primary N) is 1. The van der Waals surface area contributed by atoms with E-state index in [9.17, 15) is 14.4 Å². The van der Waals surface area contributed by atoms with E-state index in [4.69, 9.17) is 19.9 Å². The minimum atomic E-state index is -0.447. The van der Waals surface area contributed by atoms with E-state index in [-0.39, 0.29) is 30.8 Å². The molecule has 1 aliphatic rings. The summed E-state index contributed by atoms with van der Waals surface area (Å²) in [5.74, 6) is 0.0742. The maximum Gasteiger partial charge on any atom is 0.306 e. The molecule has 1 saturated heterocycles. The molecule has 0 bridgehead atoms. The first kappa shape index (κ1) is 20.5. The number of hydrogen-bond acceptors (Lipinski definition) is 6. The summed E-state index contributed by atoms with van der Waals surface area (Å²) in [7, 11) is 3.12. The molecule has 0 saturated carbocycles. The third kappa shape index (κ3) is 6.16. The number of primary amides is 1. The van der Waals surface area contributed by atoms with Crippen molar-refractivity contribution in [1.29, 1.82) is 0 Å². The van der Waals surface area contributed by atoms with Crippen molar-refractivity contribution >= 4 is 17.8 Å². The number of piperidine rings is 1. The molecule has 0 spiro atoms. The number of carbonyl (C=O) groups is 3. The molecule has 2 amide bonds. The second-order valence-electron chi connectivity index (χ2n) is 6.44. The van der Waals surface area contributed by atoms with Crippen LogP contribution >= 0.6 is 0 Å². The number of nitrogens with zero attached hydrogens (tertiary/aromatic N) is 1. The predicted molar refractivity (Wildman–Crippen MR) is 97.3 cm³/mol. The highest BCUT2D eigenvalue weighted by atomic mass is 16.5. The van der Waals surface area contributed by atoms with Gasteiger partial charge in [-0.3, -0.25) is 14.4 Å². The van der Waals surface area contributed by atoms with Crippen LogP contribution in [0.25, 0.3) is 0 Å². The van der Waals surface area contributed by atoms with E-state index in [0.29, 0.717) is 43.9 Å². The Morgan fingerprint density at radius 3 is 2.19 bits per heavy atom. The minimum absolute atomic E-state index is 0.146. The van der Waals surface area contributed by atoms with Gasteiger partial charge in [-0.1, -0.05) is 0 Å². The first-order valence-corrected chi connectivity index (χ1v) is 8.87. The van der Waals surface area contributed by atoms with Gasteiger partial charge in [-0.05, 0) is 37.0 Å². The molecule has 148 valence electrons. The molecule has 8 nitrogen and oxygen atoms in total. The van der Waals surface area contributed by atoms with Gasteiger partial charge in [0.15, 0.2) is 6.61 Å². The van der Waals surface area contributed by atoms with Crippen molar-refractivity contribution in [1.82, 2.24) is 4.90 Å². The van der Waals surface area contributed by atoms with Crippen LogP contribution in [0, 0.1) is 5.92 Å². The number of carbonyl (C=O) groups excluding carboxylic acids is 3. The fraction of sp³-hybridized carbons (Fsp3) is 0.526. The molecule has 0 aliphatic carbocycles. The fourth-order valence-electron chi connectivity index (χ4n) is 2.98.